The lowest BCUT2D eigenvalue weighted by Crippen LogP contribution is -2.45. The van der Waals surface area contributed by atoms with Gasteiger partial charge in [-0.15, -0.1) is 5.11 Å². The number of methoxy groups -OCH3 is 1. The number of rotatable bonds is 5. The van der Waals surface area contributed by atoms with Gasteiger partial charge in [-0.3, -0.25) is 0 Å². The molecule has 1 N–H and O–H groups in total. The molecule has 0 saturated carbocycles. The molecule has 0 amide bonds. The fourth-order valence-corrected chi connectivity index (χ4v) is 3.92. The molecule has 0 bridgehead atoms. The van der Waals surface area contributed by atoms with E-state index in [2.05, 4.69) is 10.2 Å². The van der Waals surface area contributed by atoms with Crippen molar-refractivity contribution in [3.63, 3.8) is 0 Å². The van der Waals surface area contributed by atoms with Crippen molar-refractivity contribution in [1.29, 1.82) is 0 Å². The molecule has 3 atom stereocenters. The highest BCUT2D eigenvalue weighted by Crippen LogP contribution is 2.39. The van der Waals surface area contributed by atoms with Gasteiger partial charge in [-0.1, -0.05) is 18.2 Å². The van der Waals surface area contributed by atoms with Crippen LogP contribution in [0.1, 0.15) is 12.5 Å². The Morgan fingerprint density at radius 1 is 0.971 bits per heavy atom. The maximum absolute atomic E-state index is 12.6. The first-order chi connectivity index (χ1) is 16.9. The van der Waals surface area contributed by atoms with Gasteiger partial charge in [0.15, 0.2) is 11.5 Å². The van der Waals surface area contributed by atoms with Crippen LogP contribution in [0.4, 0.5) is 16.2 Å². The van der Waals surface area contributed by atoms with Gasteiger partial charge in [0, 0.05) is 5.56 Å². The molecule has 35 heavy (non-hydrogen) atoms. The Morgan fingerprint density at radius 2 is 1.74 bits per heavy atom. The van der Waals surface area contributed by atoms with Gasteiger partial charge in [0.1, 0.15) is 17.1 Å². The van der Waals surface area contributed by atoms with Crippen molar-refractivity contribution in [1.82, 2.24) is 0 Å². The lowest BCUT2D eigenvalue weighted by Gasteiger charge is -2.32. The molecule has 1 saturated heterocycles. The number of hydrogen-bond donors (Lipinski definition) is 1. The highest BCUT2D eigenvalue weighted by Gasteiger charge is 2.51. The van der Waals surface area contributed by atoms with E-state index in [0.29, 0.717) is 22.8 Å². The number of carbonyl (C=O) groups is 1. The standard InChI is InChI=1S/C24H20N2O9/c1-11-15(32-23-21-20(34-24(29)35-21)19(30-3)12(2)31-23)10-9-14-17(27)16(22(28)33-18(11)14)26-25-13-7-5-4-6-8-13/h4-10,20-21,23,27H,1-3H3. The number of azo groups is 1. The highest BCUT2D eigenvalue weighted by molar-refractivity contribution is 5.90. The molecular formula is C24H20N2O9. The topological polar surface area (TPSA) is 138 Å². The lowest BCUT2D eigenvalue weighted by atomic mass is 10.1. The first-order valence-corrected chi connectivity index (χ1v) is 10.6. The molecule has 3 heterocycles. The fourth-order valence-electron chi connectivity index (χ4n) is 3.92. The number of aryl methyl sites for hydroxylation is 1. The van der Waals surface area contributed by atoms with Crippen molar-refractivity contribution in [3.8, 4) is 11.5 Å². The average molecular weight is 480 g/mol. The van der Waals surface area contributed by atoms with Gasteiger partial charge in [0.05, 0.1) is 18.2 Å². The summed E-state index contributed by atoms with van der Waals surface area (Å²) in [5, 5.41) is 18.8. The van der Waals surface area contributed by atoms with Crippen molar-refractivity contribution in [2.75, 3.05) is 7.11 Å². The number of ether oxygens (including phenoxy) is 5. The van der Waals surface area contributed by atoms with E-state index in [-0.39, 0.29) is 28.2 Å². The summed E-state index contributed by atoms with van der Waals surface area (Å²) in [6.07, 6.45) is -3.67. The molecule has 5 rings (SSSR count). The number of hydrogen-bond acceptors (Lipinski definition) is 11. The summed E-state index contributed by atoms with van der Waals surface area (Å²) >= 11 is 0. The molecule has 2 aliphatic rings. The minimum Gasteiger partial charge on any atom is -0.505 e. The van der Waals surface area contributed by atoms with Gasteiger partial charge in [-0.2, -0.15) is 5.11 Å². The zero-order valence-electron chi connectivity index (χ0n) is 18.9. The van der Waals surface area contributed by atoms with Crippen molar-refractivity contribution in [2.45, 2.75) is 32.3 Å². The average Bonchev–Trinajstić information content (AvgIpc) is 3.23. The second-order valence-corrected chi connectivity index (χ2v) is 7.79. The maximum Gasteiger partial charge on any atom is 0.509 e. The van der Waals surface area contributed by atoms with E-state index >= 15 is 0 Å². The van der Waals surface area contributed by atoms with Crippen LogP contribution in [0, 0.1) is 6.92 Å². The zero-order chi connectivity index (χ0) is 24.7. The van der Waals surface area contributed by atoms with Crippen LogP contribution in [-0.4, -0.2) is 36.9 Å². The molecule has 2 aromatic carbocycles. The van der Waals surface area contributed by atoms with Crippen LogP contribution < -0.4 is 10.4 Å². The van der Waals surface area contributed by atoms with Crippen LogP contribution in [0.15, 0.2) is 73.4 Å². The summed E-state index contributed by atoms with van der Waals surface area (Å²) in [7, 11) is 1.43. The Balaban J connectivity index is 1.48. The van der Waals surface area contributed by atoms with E-state index < -0.39 is 30.3 Å². The second kappa shape index (κ2) is 8.67. The normalized spacial score (nSPS) is 21.5. The van der Waals surface area contributed by atoms with E-state index in [1.54, 1.807) is 44.2 Å². The highest BCUT2D eigenvalue weighted by atomic mass is 16.8. The van der Waals surface area contributed by atoms with Gasteiger partial charge in [0.25, 0.3) is 6.29 Å². The quantitative estimate of drug-likeness (QED) is 0.312. The zero-order valence-corrected chi connectivity index (χ0v) is 18.9. The number of fused-ring (bicyclic) bond motifs is 2. The molecule has 1 fully saturated rings. The lowest BCUT2D eigenvalue weighted by molar-refractivity contribution is -0.140. The van der Waals surface area contributed by atoms with E-state index in [4.69, 9.17) is 28.1 Å². The van der Waals surface area contributed by atoms with Gasteiger partial charge >= 0.3 is 11.8 Å². The summed E-state index contributed by atoms with van der Waals surface area (Å²) in [6, 6.07) is 11.8. The first-order valence-electron chi connectivity index (χ1n) is 10.6. The van der Waals surface area contributed by atoms with E-state index in [1.165, 1.54) is 13.2 Å². The summed E-state index contributed by atoms with van der Waals surface area (Å²) in [5.41, 5.74) is -0.178. The third kappa shape index (κ3) is 3.90. The summed E-state index contributed by atoms with van der Waals surface area (Å²) < 4.78 is 32.9. The van der Waals surface area contributed by atoms with Crippen LogP contribution in [0.2, 0.25) is 0 Å². The van der Waals surface area contributed by atoms with Crippen molar-refractivity contribution < 1.29 is 38.0 Å². The number of benzene rings is 2. The van der Waals surface area contributed by atoms with E-state index in [9.17, 15) is 14.7 Å². The molecule has 0 radical (unpaired) electrons. The summed E-state index contributed by atoms with van der Waals surface area (Å²) in [6.45, 7) is 3.29. The summed E-state index contributed by atoms with van der Waals surface area (Å²) in [5.74, 6) is 0.595. The third-order valence-electron chi connectivity index (χ3n) is 5.63. The molecule has 1 aromatic heterocycles. The molecule has 2 aliphatic heterocycles. The molecule has 3 unspecified atom stereocenters. The number of nitrogens with zero attached hydrogens (tertiary/aromatic N) is 2. The Morgan fingerprint density at radius 3 is 2.49 bits per heavy atom. The smallest absolute Gasteiger partial charge is 0.505 e. The molecule has 11 heteroatoms. The van der Waals surface area contributed by atoms with Crippen LogP contribution in [0.3, 0.4) is 0 Å². The Kier molecular flexibility index (Phi) is 5.51. The molecule has 11 nitrogen and oxygen atoms in total. The second-order valence-electron chi connectivity index (χ2n) is 7.79. The Bertz CT molecular complexity index is 1430. The molecule has 0 aliphatic carbocycles. The van der Waals surface area contributed by atoms with Gasteiger partial charge in [0.2, 0.25) is 17.9 Å². The Labute approximate surface area is 198 Å². The van der Waals surface area contributed by atoms with E-state index in [1.807, 2.05) is 6.07 Å². The van der Waals surface area contributed by atoms with Crippen molar-refractivity contribution in [3.05, 3.63) is 70.0 Å². The van der Waals surface area contributed by atoms with Crippen LogP contribution in [-0.2, 0) is 18.9 Å². The number of carbonyl (C=O) groups excluding carboxylic acids is 1. The van der Waals surface area contributed by atoms with Gasteiger partial charge in [-0.05, 0) is 38.1 Å². The number of aromatic hydroxyl groups is 1. The van der Waals surface area contributed by atoms with Gasteiger partial charge < -0.3 is 33.2 Å². The SMILES string of the molecule is COC1=C(C)OC(Oc2ccc3c(O)c(N=Nc4ccccc4)c(=O)oc3c2C)C2OC(=O)OC12. The predicted octanol–water partition coefficient (Wildman–Crippen LogP) is 4.74. The van der Waals surface area contributed by atoms with E-state index in [0.717, 1.165) is 0 Å². The monoisotopic (exact) mass is 480 g/mol. The fraction of sp³-hybridized carbons (Fsp3) is 0.250. The molecule has 180 valence electrons. The summed E-state index contributed by atoms with van der Waals surface area (Å²) in [4.78, 5) is 24.3. The first kappa shape index (κ1) is 22.3. The maximum atomic E-state index is 12.6. The number of allylic oxidation sites excluding steroid dienone is 1. The minimum atomic E-state index is -1.05. The largest absolute Gasteiger partial charge is 0.509 e. The van der Waals surface area contributed by atoms with Crippen LogP contribution in [0.25, 0.3) is 11.0 Å². The van der Waals surface area contributed by atoms with Crippen molar-refractivity contribution >= 4 is 28.5 Å². The minimum absolute atomic E-state index is 0.0977. The van der Waals surface area contributed by atoms with Crippen molar-refractivity contribution in [2.24, 2.45) is 10.2 Å². The van der Waals surface area contributed by atoms with Gasteiger partial charge in [-0.25, -0.2) is 9.59 Å². The van der Waals surface area contributed by atoms with Crippen LogP contribution in [0.5, 0.6) is 11.5 Å². The Hall–Kier alpha value is -4.54. The third-order valence-corrected chi connectivity index (χ3v) is 5.63. The predicted molar refractivity (Wildman–Crippen MR) is 120 cm³/mol. The molecular weight excluding hydrogens is 460 g/mol. The van der Waals surface area contributed by atoms with Crippen LogP contribution >= 0.6 is 0 Å². The molecule has 0 spiro atoms. The molecule has 3 aromatic rings.